The van der Waals surface area contributed by atoms with Crippen LogP contribution < -0.4 is 5.73 Å². The van der Waals surface area contributed by atoms with Gasteiger partial charge in [-0.05, 0) is 40.2 Å². The summed E-state index contributed by atoms with van der Waals surface area (Å²) >= 11 is 9.14. The molecule has 0 aliphatic carbocycles. The van der Waals surface area contributed by atoms with Crippen LogP contribution >= 0.6 is 27.5 Å². The number of anilines is 1. The number of aromatic nitrogens is 1. The molecule has 4 nitrogen and oxygen atoms in total. The molecule has 0 aliphatic heterocycles. The fourth-order valence-electron chi connectivity index (χ4n) is 1.42. The van der Waals surface area contributed by atoms with Gasteiger partial charge in [0.05, 0.1) is 16.3 Å². The van der Waals surface area contributed by atoms with Crippen LogP contribution in [0.1, 0.15) is 15.9 Å². The van der Waals surface area contributed by atoms with Crippen molar-refractivity contribution in [3.63, 3.8) is 0 Å². The molecule has 0 saturated carbocycles. The highest BCUT2D eigenvalue weighted by Crippen LogP contribution is 2.20. The number of nitrogen functional groups attached to an aromatic ring is 1. The molecule has 2 aromatic rings. The average Bonchev–Trinajstić information content (AvgIpc) is 2.39. The Balaban J connectivity index is 2.03. The lowest BCUT2D eigenvalue weighted by atomic mass is 10.2. The van der Waals surface area contributed by atoms with Gasteiger partial charge in [-0.25, -0.2) is 4.79 Å². The molecule has 19 heavy (non-hydrogen) atoms. The van der Waals surface area contributed by atoms with Crippen molar-refractivity contribution >= 4 is 39.2 Å². The van der Waals surface area contributed by atoms with E-state index in [1.165, 1.54) is 6.07 Å². The van der Waals surface area contributed by atoms with E-state index < -0.39 is 5.97 Å². The number of ether oxygens (including phenoxy) is 1. The van der Waals surface area contributed by atoms with Gasteiger partial charge in [-0.15, -0.1) is 0 Å². The zero-order chi connectivity index (χ0) is 13.8. The molecule has 1 heterocycles. The number of hydrogen-bond acceptors (Lipinski definition) is 4. The van der Waals surface area contributed by atoms with E-state index in [2.05, 4.69) is 20.9 Å². The van der Waals surface area contributed by atoms with Crippen LogP contribution in [0.2, 0.25) is 5.02 Å². The highest BCUT2D eigenvalue weighted by molar-refractivity contribution is 9.10. The van der Waals surface area contributed by atoms with Gasteiger partial charge in [0.1, 0.15) is 6.61 Å². The van der Waals surface area contributed by atoms with Gasteiger partial charge in [0, 0.05) is 22.4 Å². The maximum atomic E-state index is 11.8. The first-order chi connectivity index (χ1) is 9.06. The van der Waals surface area contributed by atoms with Gasteiger partial charge in [-0.3, -0.25) is 4.98 Å². The first-order valence-electron chi connectivity index (χ1n) is 5.38. The van der Waals surface area contributed by atoms with Crippen molar-refractivity contribution in [3.8, 4) is 0 Å². The summed E-state index contributed by atoms with van der Waals surface area (Å²) in [6.07, 6.45) is 3.29. The molecular formula is C13H10BrClN2O2. The van der Waals surface area contributed by atoms with Gasteiger partial charge in [0.15, 0.2) is 0 Å². The normalized spacial score (nSPS) is 10.2. The minimum absolute atomic E-state index is 0.146. The number of rotatable bonds is 3. The van der Waals surface area contributed by atoms with E-state index in [4.69, 9.17) is 22.1 Å². The van der Waals surface area contributed by atoms with Crippen LogP contribution in [0.3, 0.4) is 0 Å². The summed E-state index contributed by atoms with van der Waals surface area (Å²) in [5.41, 5.74) is 7.16. The Morgan fingerprint density at radius 1 is 1.37 bits per heavy atom. The van der Waals surface area contributed by atoms with Crippen molar-refractivity contribution in [2.24, 2.45) is 0 Å². The number of nitrogens with zero attached hydrogens (tertiary/aromatic N) is 1. The van der Waals surface area contributed by atoms with E-state index in [1.807, 2.05) is 6.07 Å². The summed E-state index contributed by atoms with van der Waals surface area (Å²) in [7, 11) is 0. The molecular weight excluding hydrogens is 332 g/mol. The van der Waals surface area contributed by atoms with Crippen LogP contribution in [-0.4, -0.2) is 11.0 Å². The second-order valence-corrected chi connectivity index (χ2v) is 5.15. The van der Waals surface area contributed by atoms with Gasteiger partial charge < -0.3 is 10.5 Å². The number of esters is 1. The largest absolute Gasteiger partial charge is 0.457 e. The van der Waals surface area contributed by atoms with E-state index in [0.29, 0.717) is 16.3 Å². The van der Waals surface area contributed by atoms with Gasteiger partial charge in [-0.1, -0.05) is 11.6 Å². The number of benzene rings is 1. The average molecular weight is 342 g/mol. The summed E-state index contributed by atoms with van der Waals surface area (Å²) in [5, 5.41) is 0.332. The Morgan fingerprint density at radius 3 is 2.84 bits per heavy atom. The van der Waals surface area contributed by atoms with Crippen molar-refractivity contribution in [3.05, 3.63) is 57.3 Å². The van der Waals surface area contributed by atoms with Crippen LogP contribution in [0.5, 0.6) is 0 Å². The van der Waals surface area contributed by atoms with Crippen LogP contribution in [0.25, 0.3) is 0 Å². The molecule has 1 aromatic carbocycles. The molecule has 0 spiro atoms. The SMILES string of the molecule is Nc1ccc(C(=O)OCc2cncc(Br)c2)cc1Cl. The fraction of sp³-hybridized carbons (Fsp3) is 0.0769. The highest BCUT2D eigenvalue weighted by atomic mass is 79.9. The lowest BCUT2D eigenvalue weighted by Gasteiger charge is -2.06. The molecule has 2 N–H and O–H groups in total. The first-order valence-corrected chi connectivity index (χ1v) is 6.55. The van der Waals surface area contributed by atoms with E-state index in [-0.39, 0.29) is 6.61 Å². The summed E-state index contributed by atoms with van der Waals surface area (Å²) < 4.78 is 5.99. The lowest BCUT2D eigenvalue weighted by molar-refractivity contribution is 0.0472. The zero-order valence-corrected chi connectivity index (χ0v) is 12.1. The van der Waals surface area contributed by atoms with E-state index in [1.54, 1.807) is 24.5 Å². The smallest absolute Gasteiger partial charge is 0.338 e. The monoisotopic (exact) mass is 340 g/mol. The van der Waals surface area contributed by atoms with Crippen LogP contribution in [0, 0.1) is 0 Å². The molecule has 0 saturated heterocycles. The van der Waals surface area contributed by atoms with Gasteiger partial charge in [0.25, 0.3) is 0 Å². The molecule has 0 radical (unpaired) electrons. The standard InChI is InChI=1S/C13H10BrClN2O2/c14-10-3-8(5-17-6-10)7-19-13(18)9-1-2-12(16)11(15)4-9/h1-6H,7,16H2. The maximum Gasteiger partial charge on any atom is 0.338 e. The van der Waals surface area contributed by atoms with Crippen molar-refractivity contribution in [2.75, 3.05) is 5.73 Å². The molecule has 0 aliphatic rings. The molecule has 0 bridgehead atoms. The van der Waals surface area contributed by atoms with Crippen LogP contribution in [-0.2, 0) is 11.3 Å². The van der Waals surface area contributed by atoms with E-state index >= 15 is 0 Å². The van der Waals surface area contributed by atoms with Crippen molar-refractivity contribution < 1.29 is 9.53 Å². The Bertz CT molecular complexity index is 619. The fourth-order valence-corrected chi connectivity index (χ4v) is 2.01. The molecule has 1 aromatic heterocycles. The molecule has 0 fully saturated rings. The number of hydrogen-bond donors (Lipinski definition) is 1. The Labute approximate surface area is 123 Å². The Kier molecular flexibility index (Phi) is 4.39. The molecule has 6 heteroatoms. The summed E-state index contributed by atoms with van der Waals surface area (Å²) in [6.45, 7) is 0.146. The molecule has 0 unspecified atom stereocenters. The molecule has 0 atom stereocenters. The number of carbonyl (C=O) groups excluding carboxylic acids is 1. The summed E-state index contributed by atoms with van der Waals surface area (Å²) in [5.74, 6) is -0.457. The third kappa shape index (κ3) is 3.68. The Morgan fingerprint density at radius 2 is 2.16 bits per heavy atom. The second-order valence-electron chi connectivity index (χ2n) is 3.82. The van der Waals surface area contributed by atoms with Gasteiger partial charge >= 0.3 is 5.97 Å². The first kappa shape index (κ1) is 13.8. The number of nitrogens with two attached hydrogens (primary N) is 1. The van der Waals surface area contributed by atoms with Crippen molar-refractivity contribution in [1.82, 2.24) is 4.98 Å². The third-order valence-electron chi connectivity index (χ3n) is 2.37. The predicted octanol–water partition coefficient (Wildman–Crippen LogP) is 3.44. The zero-order valence-electron chi connectivity index (χ0n) is 9.77. The quantitative estimate of drug-likeness (QED) is 0.686. The van der Waals surface area contributed by atoms with Crippen molar-refractivity contribution in [1.29, 1.82) is 0 Å². The molecule has 2 rings (SSSR count). The Hall–Kier alpha value is -1.59. The van der Waals surface area contributed by atoms with Crippen LogP contribution in [0.4, 0.5) is 5.69 Å². The summed E-state index contributed by atoms with van der Waals surface area (Å²) in [6, 6.07) is 6.46. The van der Waals surface area contributed by atoms with E-state index in [0.717, 1.165) is 10.0 Å². The third-order valence-corrected chi connectivity index (χ3v) is 3.13. The number of carbonyl (C=O) groups is 1. The number of pyridine rings is 1. The minimum atomic E-state index is -0.457. The number of halogens is 2. The molecule has 98 valence electrons. The lowest BCUT2D eigenvalue weighted by Crippen LogP contribution is -2.05. The van der Waals surface area contributed by atoms with Crippen molar-refractivity contribution in [2.45, 2.75) is 6.61 Å². The topological polar surface area (TPSA) is 65.2 Å². The minimum Gasteiger partial charge on any atom is -0.457 e. The second kappa shape index (κ2) is 6.04. The van der Waals surface area contributed by atoms with Crippen LogP contribution in [0.15, 0.2) is 41.1 Å². The van der Waals surface area contributed by atoms with Gasteiger partial charge in [-0.2, -0.15) is 0 Å². The predicted molar refractivity (Wildman–Crippen MR) is 76.9 cm³/mol. The maximum absolute atomic E-state index is 11.8. The highest BCUT2D eigenvalue weighted by Gasteiger charge is 2.09. The molecule has 0 amide bonds. The van der Waals surface area contributed by atoms with E-state index in [9.17, 15) is 4.79 Å². The van der Waals surface area contributed by atoms with Gasteiger partial charge in [0.2, 0.25) is 0 Å². The summed E-state index contributed by atoms with van der Waals surface area (Å²) in [4.78, 5) is 15.8.